The van der Waals surface area contributed by atoms with Crippen LogP contribution in [0.25, 0.3) is 0 Å². The number of thiophene rings is 1. The number of rotatable bonds is 10. The minimum absolute atomic E-state index is 0. The molecule has 2 N–H and O–H groups in total. The molecule has 27 heavy (non-hydrogen) atoms. The number of hydrogen-bond donors (Lipinski definition) is 2. The van der Waals surface area contributed by atoms with Gasteiger partial charge in [0.1, 0.15) is 0 Å². The van der Waals surface area contributed by atoms with Crippen LogP contribution in [0.3, 0.4) is 0 Å². The molecule has 0 aliphatic carbocycles. The van der Waals surface area contributed by atoms with Crippen LogP contribution in [0.1, 0.15) is 24.3 Å². The fraction of sp³-hybridized carbons (Fsp3) is 0.450. The summed E-state index contributed by atoms with van der Waals surface area (Å²) in [5.74, 6) is 2.44. The van der Waals surface area contributed by atoms with E-state index in [9.17, 15) is 0 Å². The maximum absolute atomic E-state index is 5.69. The molecule has 0 saturated carbocycles. The number of nitrogens with zero attached hydrogens (tertiary/aromatic N) is 1. The van der Waals surface area contributed by atoms with E-state index < -0.39 is 0 Å². The van der Waals surface area contributed by atoms with Gasteiger partial charge in [-0.3, -0.25) is 4.99 Å². The molecule has 5 nitrogen and oxygen atoms in total. The van der Waals surface area contributed by atoms with Crippen molar-refractivity contribution in [3.8, 4) is 11.5 Å². The predicted molar refractivity (Wildman–Crippen MR) is 125 cm³/mol. The first kappa shape index (κ1) is 23.6. The summed E-state index contributed by atoms with van der Waals surface area (Å²) in [5, 5.41) is 8.82. The highest BCUT2D eigenvalue weighted by Crippen LogP contribution is 2.28. The zero-order chi connectivity index (χ0) is 18.6. The molecule has 0 aliphatic rings. The summed E-state index contributed by atoms with van der Waals surface area (Å²) in [6.45, 7) is 6.90. The third kappa shape index (κ3) is 8.38. The standard InChI is InChI=1S/C20H29N3O2S.HI/c1-4-24-18-9-8-16(15-19(18)25-5-2)10-12-22-20(21-3)23-13-11-17-7-6-14-26-17;/h6-9,14-15H,4-5,10-13H2,1-3H3,(H2,21,22,23);1H. The van der Waals surface area contributed by atoms with Crippen molar-refractivity contribution < 1.29 is 9.47 Å². The maximum atomic E-state index is 5.69. The molecule has 0 radical (unpaired) electrons. The zero-order valence-corrected chi connectivity index (χ0v) is 19.4. The van der Waals surface area contributed by atoms with E-state index in [1.807, 2.05) is 19.9 Å². The molecule has 0 fully saturated rings. The summed E-state index contributed by atoms with van der Waals surface area (Å²) in [6, 6.07) is 10.4. The molecule has 7 heteroatoms. The lowest BCUT2D eigenvalue weighted by Gasteiger charge is -2.14. The van der Waals surface area contributed by atoms with Crippen molar-refractivity contribution in [3.63, 3.8) is 0 Å². The van der Waals surface area contributed by atoms with Crippen molar-refractivity contribution in [2.45, 2.75) is 26.7 Å². The predicted octanol–water partition coefficient (Wildman–Crippen LogP) is 4.11. The van der Waals surface area contributed by atoms with Crippen molar-refractivity contribution in [1.29, 1.82) is 0 Å². The second-order valence-electron chi connectivity index (χ2n) is 5.65. The van der Waals surface area contributed by atoms with Crippen molar-refractivity contribution in [1.82, 2.24) is 10.6 Å². The maximum Gasteiger partial charge on any atom is 0.190 e. The third-order valence-electron chi connectivity index (χ3n) is 3.78. The Bertz CT molecular complexity index is 678. The van der Waals surface area contributed by atoms with Gasteiger partial charge in [0.15, 0.2) is 17.5 Å². The molecule has 0 unspecified atom stereocenters. The van der Waals surface area contributed by atoms with Crippen molar-refractivity contribution in [3.05, 3.63) is 46.2 Å². The van der Waals surface area contributed by atoms with E-state index in [1.54, 1.807) is 18.4 Å². The number of nitrogens with one attached hydrogen (secondary N) is 2. The smallest absolute Gasteiger partial charge is 0.190 e. The second-order valence-corrected chi connectivity index (χ2v) is 6.68. The van der Waals surface area contributed by atoms with E-state index in [0.717, 1.165) is 43.4 Å². The Kier molecular flexibility index (Phi) is 11.9. The largest absolute Gasteiger partial charge is 0.490 e. The van der Waals surface area contributed by atoms with E-state index in [1.165, 1.54) is 10.4 Å². The highest BCUT2D eigenvalue weighted by atomic mass is 127. The van der Waals surface area contributed by atoms with Gasteiger partial charge in [-0.2, -0.15) is 0 Å². The Hall–Kier alpha value is -1.48. The normalized spacial score (nSPS) is 10.9. The van der Waals surface area contributed by atoms with Crippen molar-refractivity contribution in [2.24, 2.45) is 4.99 Å². The van der Waals surface area contributed by atoms with E-state index in [2.05, 4.69) is 45.3 Å². The summed E-state index contributed by atoms with van der Waals surface area (Å²) in [7, 11) is 1.80. The van der Waals surface area contributed by atoms with Gasteiger partial charge in [0.25, 0.3) is 0 Å². The first-order valence-electron chi connectivity index (χ1n) is 9.12. The van der Waals surface area contributed by atoms with Crippen LogP contribution < -0.4 is 20.1 Å². The average molecular weight is 503 g/mol. The molecule has 1 aromatic carbocycles. The van der Waals surface area contributed by atoms with Crippen LogP contribution in [-0.2, 0) is 12.8 Å². The van der Waals surface area contributed by atoms with Gasteiger partial charge in [0, 0.05) is 25.0 Å². The monoisotopic (exact) mass is 503 g/mol. The molecule has 0 bridgehead atoms. The summed E-state index contributed by atoms with van der Waals surface area (Å²) in [6.07, 6.45) is 1.90. The number of halogens is 1. The van der Waals surface area contributed by atoms with Gasteiger partial charge in [-0.15, -0.1) is 35.3 Å². The number of ether oxygens (including phenoxy) is 2. The van der Waals surface area contributed by atoms with Crippen LogP contribution in [0.5, 0.6) is 11.5 Å². The molecule has 0 amide bonds. The van der Waals surface area contributed by atoms with Crippen LogP contribution in [0.15, 0.2) is 40.7 Å². The zero-order valence-electron chi connectivity index (χ0n) is 16.3. The Morgan fingerprint density at radius 1 is 1.00 bits per heavy atom. The number of aliphatic imine (C=N–C) groups is 1. The van der Waals surface area contributed by atoms with Gasteiger partial charge in [0.2, 0.25) is 0 Å². The lowest BCUT2D eigenvalue weighted by Crippen LogP contribution is -2.39. The molecule has 1 aromatic heterocycles. The molecular formula is C20H30IN3O2S. The number of hydrogen-bond acceptors (Lipinski definition) is 4. The molecule has 0 spiro atoms. The minimum Gasteiger partial charge on any atom is -0.490 e. The average Bonchev–Trinajstić information content (AvgIpc) is 3.16. The van der Waals surface area contributed by atoms with Crippen LogP contribution in [-0.4, -0.2) is 39.3 Å². The van der Waals surface area contributed by atoms with Crippen molar-refractivity contribution >= 4 is 41.3 Å². The first-order valence-corrected chi connectivity index (χ1v) is 10.00. The van der Waals surface area contributed by atoms with Gasteiger partial charge in [-0.1, -0.05) is 12.1 Å². The Morgan fingerprint density at radius 2 is 1.70 bits per heavy atom. The van der Waals surface area contributed by atoms with E-state index in [0.29, 0.717) is 13.2 Å². The SMILES string of the molecule is CCOc1ccc(CCNC(=NC)NCCc2cccs2)cc1OCC.I. The van der Waals surface area contributed by atoms with E-state index >= 15 is 0 Å². The van der Waals surface area contributed by atoms with Crippen LogP contribution >= 0.6 is 35.3 Å². The molecule has 150 valence electrons. The van der Waals surface area contributed by atoms with Gasteiger partial charge in [-0.25, -0.2) is 0 Å². The number of benzene rings is 1. The summed E-state index contributed by atoms with van der Waals surface area (Å²) in [4.78, 5) is 5.66. The fourth-order valence-electron chi connectivity index (χ4n) is 2.56. The first-order chi connectivity index (χ1) is 12.8. The Labute approximate surface area is 183 Å². The molecule has 0 aliphatic heterocycles. The minimum atomic E-state index is 0. The molecule has 0 atom stereocenters. The van der Waals surface area contributed by atoms with Crippen LogP contribution in [0.4, 0.5) is 0 Å². The molecule has 0 saturated heterocycles. The molecule has 2 aromatic rings. The lowest BCUT2D eigenvalue weighted by atomic mass is 10.1. The highest BCUT2D eigenvalue weighted by Gasteiger charge is 2.06. The summed E-state index contributed by atoms with van der Waals surface area (Å²) in [5.41, 5.74) is 1.21. The Balaban J connectivity index is 0.00000364. The third-order valence-corrected chi connectivity index (χ3v) is 4.72. The summed E-state index contributed by atoms with van der Waals surface area (Å²) >= 11 is 1.78. The van der Waals surface area contributed by atoms with Crippen LogP contribution in [0, 0.1) is 0 Å². The van der Waals surface area contributed by atoms with E-state index in [4.69, 9.17) is 9.47 Å². The summed E-state index contributed by atoms with van der Waals surface area (Å²) < 4.78 is 11.3. The van der Waals surface area contributed by atoms with Gasteiger partial charge < -0.3 is 20.1 Å². The Morgan fingerprint density at radius 3 is 2.33 bits per heavy atom. The second kappa shape index (κ2) is 13.7. The topological polar surface area (TPSA) is 54.9 Å². The molecular weight excluding hydrogens is 473 g/mol. The highest BCUT2D eigenvalue weighted by molar-refractivity contribution is 14.0. The quantitative estimate of drug-likeness (QED) is 0.291. The van der Waals surface area contributed by atoms with Crippen LogP contribution in [0.2, 0.25) is 0 Å². The van der Waals surface area contributed by atoms with Crippen molar-refractivity contribution in [2.75, 3.05) is 33.4 Å². The molecule has 1 heterocycles. The van der Waals surface area contributed by atoms with Gasteiger partial charge in [-0.05, 0) is 55.8 Å². The fourth-order valence-corrected chi connectivity index (χ4v) is 3.26. The lowest BCUT2D eigenvalue weighted by molar-refractivity contribution is 0.287. The van der Waals surface area contributed by atoms with Gasteiger partial charge in [0.05, 0.1) is 13.2 Å². The molecule has 2 rings (SSSR count). The van der Waals surface area contributed by atoms with Gasteiger partial charge >= 0.3 is 0 Å². The van der Waals surface area contributed by atoms with E-state index in [-0.39, 0.29) is 24.0 Å². The number of guanidine groups is 1.